The van der Waals surface area contributed by atoms with E-state index in [2.05, 4.69) is 134 Å². The largest absolute Gasteiger partial charge is 0.311 e. The molecule has 302 valence electrons. The zero-order valence-corrected chi connectivity index (χ0v) is 38.1. The number of unbranched alkanes of at least 4 members (excludes halogenated alkanes) is 6. The highest BCUT2D eigenvalue weighted by Gasteiger charge is 2.20. The Morgan fingerprint density at radius 3 is 1.53 bits per heavy atom. The van der Waals surface area contributed by atoms with Crippen LogP contribution in [0.5, 0.6) is 0 Å². The van der Waals surface area contributed by atoms with E-state index in [0.29, 0.717) is 0 Å². The summed E-state index contributed by atoms with van der Waals surface area (Å²) in [5.74, 6) is 0. The van der Waals surface area contributed by atoms with E-state index < -0.39 is 0 Å². The van der Waals surface area contributed by atoms with Gasteiger partial charge in [0, 0.05) is 31.7 Å². The van der Waals surface area contributed by atoms with Gasteiger partial charge in [-0.15, -0.1) is 56.7 Å². The number of hydrogen-bond acceptors (Lipinski definition) is 9. The quantitative estimate of drug-likeness (QED) is 0.0636. The molecule has 5 aromatic heterocycles. The van der Waals surface area contributed by atoms with Crippen LogP contribution < -0.4 is 4.90 Å². The average molecular weight is 878 g/mol. The number of fused-ring (bicyclic) bond motifs is 2. The standard InChI is InChI=1S/C51H47N3OS5/c1-3-5-7-11-17-35-29-46(57-48(35)34-23-25-39(26-24-34)54(37-19-13-9-14-20-37)38-21-15-10-16-22-38)50-52-41-31-45-42(32-44(41)59-50)53-51(60-45)47-30-36(18-12-8-6-4-2)49(58-47)43-28-27-40(33-55)56-43/h9-10,13-16,19-33H,3-8,11-12,17-18H2,1-2H3. The molecule has 0 aliphatic heterocycles. The van der Waals surface area contributed by atoms with Gasteiger partial charge in [0.1, 0.15) is 10.0 Å². The summed E-state index contributed by atoms with van der Waals surface area (Å²) in [5.41, 5.74) is 9.52. The van der Waals surface area contributed by atoms with Crippen LogP contribution >= 0.6 is 56.7 Å². The van der Waals surface area contributed by atoms with E-state index in [0.717, 1.165) is 66.8 Å². The molecule has 9 heteroatoms. The van der Waals surface area contributed by atoms with Crippen molar-refractivity contribution in [1.82, 2.24) is 9.97 Å². The lowest BCUT2D eigenvalue weighted by atomic mass is 10.0. The van der Waals surface area contributed by atoms with Crippen molar-refractivity contribution in [3.05, 3.63) is 137 Å². The van der Waals surface area contributed by atoms with Crippen molar-refractivity contribution in [3.8, 4) is 40.0 Å². The minimum Gasteiger partial charge on any atom is -0.311 e. The molecule has 5 heterocycles. The number of carbonyl (C=O) groups is 1. The van der Waals surface area contributed by atoms with Crippen molar-refractivity contribution in [2.45, 2.75) is 78.1 Å². The number of aldehydes is 1. The summed E-state index contributed by atoms with van der Waals surface area (Å²) in [6.07, 6.45) is 12.9. The SMILES string of the molecule is CCCCCCc1cc(-c2nc3cc4sc(-c5cc(CCCCCC)c(-c6ccc(C=O)s6)s5)nc4cc3s2)sc1-c1ccc(N(c2ccccc2)c2ccccc2)cc1. The predicted molar refractivity (Wildman–Crippen MR) is 264 cm³/mol. The van der Waals surface area contributed by atoms with Crippen LogP contribution in [0.25, 0.3) is 60.4 Å². The molecule has 0 N–H and O–H groups in total. The van der Waals surface area contributed by atoms with E-state index in [1.807, 2.05) is 28.7 Å². The number of rotatable bonds is 18. The zero-order chi connectivity index (χ0) is 40.8. The summed E-state index contributed by atoms with van der Waals surface area (Å²) >= 11 is 8.80. The van der Waals surface area contributed by atoms with Crippen molar-refractivity contribution in [2.75, 3.05) is 4.90 Å². The molecule has 0 bridgehead atoms. The number of aromatic nitrogens is 2. The Morgan fingerprint density at radius 1 is 0.500 bits per heavy atom. The highest BCUT2D eigenvalue weighted by molar-refractivity contribution is 7.29. The van der Waals surface area contributed by atoms with E-state index in [9.17, 15) is 4.79 Å². The minimum atomic E-state index is 0.773. The zero-order valence-electron chi connectivity index (χ0n) is 34.0. The van der Waals surface area contributed by atoms with Gasteiger partial charge in [-0.05, 0) is 115 Å². The molecular weight excluding hydrogens is 831 g/mol. The number of carbonyl (C=O) groups excluding carboxylic acids is 1. The molecule has 0 saturated carbocycles. The van der Waals surface area contributed by atoms with Crippen LogP contribution in [0, 0.1) is 0 Å². The second-order valence-corrected chi connectivity index (χ2v) is 20.5. The minimum absolute atomic E-state index is 0.773. The van der Waals surface area contributed by atoms with Crippen molar-refractivity contribution in [2.24, 2.45) is 0 Å². The van der Waals surface area contributed by atoms with Gasteiger partial charge in [-0.3, -0.25) is 4.79 Å². The molecule has 0 saturated heterocycles. The molecule has 0 atom stereocenters. The van der Waals surface area contributed by atoms with Crippen molar-refractivity contribution < 1.29 is 4.79 Å². The van der Waals surface area contributed by atoms with Gasteiger partial charge < -0.3 is 4.90 Å². The topological polar surface area (TPSA) is 46.1 Å². The maximum atomic E-state index is 11.5. The molecular formula is C51H47N3OS5. The fourth-order valence-electron chi connectivity index (χ4n) is 7.84. The lowest BCUT2D eigenvalue weighted by molar-refractivity contribution is 0.112. The highest BCUT2D eigenvalue weighted by Crippen LogP contribution is 2.46. The first-order valence-electron chi connectivity index (χ1n) is 21.1. The summed E-state index contributed by atoms with van der Waals surface area (Å²) in [5, 5.41) is 2.13. The second kappa shape index (κ2) is 18.9. The summed E-state index contributed by atoms with van der Waals surface area (Å²) in [4.78, 5) is 31.3. The van der Waals surface area contributed by atoms with Gasteiger partial charge in [0.25, 0.3) is 0 Å². The Labute approximate surface area is 372 Å². The Bertz CT molecular complexity index is 2740. The average Bonchev–Trinajstić information content (AvgIpc) is 4.14. The van der Waals surface area contributed by atoms with Gasteiger partial charge in [0.2, 0.25) is 0 Å². The van der Waals surface area contributed by atoms with Crippen LogP contribution in [0.4, 0.5) is 17.1 Å². The summed E-state index contributed by atoms with van der Waals surface area (Å²) in [7, 11) is 0. The van der Waals surface area contributed by atoms with Gasteiger partial charge in [0.05, 0.1) is 35.1 Å². The van der Waals surface area contributed by atoms with Crippen LogP contribution in [0.2, 0.25) is 0 Å². The van der Waals surface area contributed by atoms with Crippen LogP contribution in [-0.2, 0) is 12.8 Å². The van der Waals surface area contributed by atoms with Gasteiger partial charge in [-0.25, -0.2) is 9.97 Å². The molecule has 0 spiro atoms. The number of anilines is 3. The maximum Gasteiger partial charge on any atom is 0.160 e. The summed E-state index contributed by atoms with van der Waals surface area (Å²) in [6.45, 7) is 4.53. The van der Waals surface area contributed by atoms with Crippen LogP contribution in [-0.4, -0.2) is 16.3 Å². The highest BCUT2D eigenvalue weighted by atomic mass is 32.1. The van der Waals surface area contributed by atoms with E-state index in [-0.39, 0.29) is 0 Å². The van der Waals surface area contributed by atoms with Crippen molar-refractivity contribution >= 4 is 100 Å². The molecule has 60 heavy (non-hydrogen) atoms. The Morgan fingerprint density at radius 2 is 1.02 bits per heavy atom. The Balaban J connectivity index is 1.02. The molecule has 0 amide bonds. The molecule has 0 radical (unpaired) electrons. The van der Waals surface area contributed by atoms with Gasteiger partial charge in [-0.1, -0.05) is 101 Å². The monoisotopic (exact) mass is 877 g/mol. The molecule has 0 unspecified atom stereocenters. The normalized spacial score (nSPS) is 11.6. The summed E-state index contributed by atoms with van der Waals surface area (Å²) in [6, 6.07) is 43.6. The van der Waals surface area contributed by atoms with Gasteiger partial charge in [0.15, 0.2) is 6.29 Å². The predicted octanol–water partition coefficient (Wildman–Crippen LogP) is 17.3. The third-order valence-corrected chi connectivity index (χ3v) is 16.9. The number of thiazole rings is 2. The molecule has 9 aromatic rings. The molecule has 4 nitrogen and oxygen atoms in total. The van der Waals surface area contributed by atoms with Crippen molar-refractivity contribution in [1.29, 1.82) is 0 Å². The molecule has 0 fully saturated rings. The summed E-state index contributed by atoms with van der Waals surface area (Å²) < 4.78 is 2.33. The fraction of sp³-hybridized carbons (Fsp3) is 0.235. The first-order valence-corrected chi connectivity index (χ1v) is 25.2. The third kappa shape index (κ3) is 8.83. The Hall–Kier alpha value is -4.77. The third-order valence-electron chi connectivity index (χ3n) is 10.9. The fourth-order valence-corrected chi connectivity index (χ4v) is 13.3. The molecule has 9 rings (SSSR count). The molecule has 0 aliphatic rings. The smallest absolute Gasteiger partial charge is 0.160 e. The lowest BCUT2D eigenvalue weighted by Crippen LogP contribution is -2.09. The van der Waals surface area contributed by atoms with E-state index in [1.165, 1.54) is 97.1 Å². The van der Waals surface area contributed by atoms with Crippen LogP contribution in [0.15, 0.2) is 121 Å². The number of aryl methyl sites for hydroxylation is 2. The number of para-hydroxylation sites is 2. The first kappa shape index (κ1) is 40.6. The lowest BCUT2D eigenvalue weighted by Gasteiger charge is -2.25. The first-order chi connectivity index (χ1) is 29.6. The number of thiophene rings is 3. The number of hydrogen-bond donors (Lipinski definition) is 0. The van der Waals surface area contributed by atoms with Crippen LogP contribution in [0.1, 0.15) is 86.0 Å². The second-order valence-electron chi connectivity index (χ2n) is 15.3. The Kier molecular flexibility index (Phi) is 12.8. The number of nitrogens with zero attached hydrogens (tertiary/aromatic N) is 3. The van der Waals surface area contributed by atoms with Gasteiger partial charge >= 0.3 is 0 Å². The van der Waals surface area contributed by atoms with E-state index >= 15 is 0 Å². The van der Waals surface area contributed by atoms with Gasteiger partial charge in [-0.2, -0.15) is 0 Å². The molecule has 4 aromatic carbocycles. The van der Waals surface area contributed by atoms with E-state index in [4.69, 9.17) is 9.97 Å². The van der Waals surface area contributed by atoms with Crippen LogP contribution in [0.3, 0.4) is 0 Å². The van der Waals surface area contributed by atoms with Crippen molar-refractivity contribution in [3.63, 3.8) is 0 Å². The van der Waals surface area contributed by atoms with E-state index in [1.54, 1.807) is 34.0 Å². The maximum absolute atomic E-state index is 11.5. The number of benzene rings is 4. The molecule has 0 aliphatic carbocycles.